The van der Waals surface area contributed by atoms with Crippen LogP contribution in [0.5, 0.6) is 0 Å². The van der Waals surface area contributed by atoms with Gasteiger partial charge >= 0.3 is 0 Å². The first-order chi connectivity index (χ1) is 6.80. The molecule has 0 amide bonds. The van der Waals surface area contributed by atoms with E-state index in [1.165, 1.54) is 6.07 Å². The van der Waals surface area contributed by atoms with Gasteiger partial charge in [-0.1, -0.05) is 20.8 Å². The van der Waals surface area contributed by atoms with Crippen molar-refractivity contribution in [2.75, 3.05) is 5.32 Å². The van der Waals surface area contributed by atoms with E-state index in [1.807, 2.05) is 27.7 Å². The molecule has 1 aromatic carbocycles. The highest BCUT2D eigenvalue weighted by atomic mass is 19.1. The van der Waals surface area contributed by atoms with Crippen molar-refractivity contribution in [3.05, 3.63) is 29.8 Å². The largest absolute Gasteiger partial charge is 0.380 e. The average Bonchev–Trinajstić information content (AvgIpc) is 2.09. The third-order valence-electron chi connectivity index (χ3n) is 2.60. The second-order valence-corrected chi connectivity index (χ2v) is 4.86. The maximum absolute atomic E-state index is 13.3. The van der Waals surface area contributed by atoms with E-state index in [1.54, 1.807) is 0 Å². The van der Waals surface area contributed by atoms with Gasteiger partial charge in [-0.3, -0.25) is 0 Å². The van der Waals surface area contributed by atoms with Crippen molar-refractivity contribution in [3.63, 3.8) is 0 Å². The molecule has 0 fully saturated rings. The van der Waals surface area contributed by atoms with Gasteiger partial charge in [0.05, 0.1) is 5.69 Å². The van der Waals surface area contributed by atoms with Crippen molar-refractivity contribution < 1.29 is 8.78 Å². The van der Waals surface area contributed by atoms with Gasteiger partial charge in [-0.15, -0.1) is 0 Å². The summed E-state index contributed by atoms with van der Waals surface area (Å²) in [5, 5.41) is 2.98. The Bertz CT molecular complexity index is 342. The number of benzene rings is 1. The molecule has 0 bridgehead atoms. The molecular weight excluding hydrogens is 196 g/mol. The summed E-state index contributed by atoms with van der Waals surface area (Å²) in [5.41, 5.74) is 0.219. The Hall–Kier alpha value is -1.12. The van der Waals surface area contributed by atoms with Gasteiger partial charge in [0.25, 0.3) is 0 Å². The van der Waals surface area contributed by atoms with Crippen LogP contribution in [0.1, 0.15) is 27.7 Å². The van der Waals surface area contributed by atoms with Crippen molar-refractivity contribution in [1.82, 2.24) is 0 Å². The van der Waals surface area contributed by atoms with E-state index in [0.717, 1.165) is 12.1 Å². The minimum atomic E-state index is -0.431. The molecular formula is C12H17F2N. The van der Waals surface area contributed by atoms with E-state index in [4.69, 9.17) is 0 Å². The lowest BCUT2D eigenvalue weighted by molar-refractivity contribution is 0.358. The van der Waals surface area contributed by atoms with Gasteiger partial charge in [0, 0.05) is 6.04 Å². The Labute approximate surface area is 89.5 Å². The second kappa shape index (κ2) is 4.17. The zero-order valence-electron chi connectivity index (χ0n) is 9.57. The van der Waals surface area contributed by atoms with Crippen LogP contribution >= 0.6 is 0 Å². The molecule has 1 unspecified atom stereocenters. The van der Waals surface area contributed by atoms with Crippen LogP contribution < -0.4 is 5.32 Å². The van der Waals surface area contributed by atoms with Crippen LogP contribution in [0.25, 0.3) is 0 Å². The Morgan fingerprint density at radius 1 is 1.20 bits per heavy atom. The van der Waals surface area contributed by atoms with Crippen molar-refractivity contribution in [1.29, 1.82) is 0 Å². The van der Waals surface area contributed by atoms with Crippen molar-refractivity contribution in [2.45, 2.75) is 33.7 Å². The van der Waals surface area contributed by atoms with Crippen LogP contribution in [0.15, 0.2) is 18.2 Å². The van der Waals surface area contributed by atoms with Crippen LogP contribution in [-0.4, -0.2) is 6.04 Å². The number of hydrogen-bond acceptors (Lipinski definition) is 1. The summed E-state index contributed by atoms with van der Waals surface area (Å²) >= 11 is 0. The standard InChI is InChI=1S/C12H17F2N/c1-8(12(2,3)4)15-11-7-9(13)5-6-10(11)14/h5-8,15H,1-4H3. The third kappa shape index (κ3) is 3.18. The van der Waals surface area contributed by atoms with Gasteiger partial charge in [-0.05, 0) is 30.5 Å². The van der Waals surface area contributed by atoms with Gasteiger partial charge < -0.3 is 5.32 Å². The fourth-order valence-electron chi connectivity index (χ4n) is 1.06. The topological polar surface area (TPSA) is 12.0 Å². The lowest BCUT2D eigenvalue weighted by Crippen LogP contribution is -2.31. The van der Waals surface area contributed by atoms with Crippen LogP contribution in [0.2, 0.25) is 0 Å². The first kappa shape index (κ1) is 12.0. The van der Waals surface area contributed by atoms with Gasteiger partial charge in [0.2, 0.25) is 0 Å². The molecule has 1 N–H and O–H groups in total. The number of anilines is 1. The molecule has 1 aromatic rings. The molecule has 0 aliphatic carbocycles. The minimum absolute atomic E-state index is 0.00123. The lowest BCUT2D eigenvalue weighted by atomic mass is 9.88. The molecule has 1 nitrogen and oxygen atoms in total. The molecule has 15 heavy (non-hydrogen) atoms. The van der Waals surface area contributed by atoms with Crippen LogP contribution in [0, 0.1) is 17.0 Å². The molecule has 0 heterocycles. The smallest absolute Gasteiger partial charge is 0.146 e. The van der Waals surface area contributed by atoms with Crippen LogP contribution in [0.3, 0.4) is 0 Å². The third-order valence-corrected chi connectivity index (χ3v) is 2.60. The maximum Gasteiger partial charge on any atom is 0.146 e. The predicted molar refractivity (Wildman–Crippen MR) is 58.9 cm³/mol. The fourth-order valence-corrected chi connectivity index (χ4v) is 1.06. The molecule has 0 aliphatic rings. The second-order valence-electron chi connectivity index (χ2n) is 4.86. The van der Waals surface area contributed by atoms with E-state index in [9.17, 15) is 8.78 Å². The summed E-state index contributed by atoms with van der Waals surface area (Å²) in [7, 11) is 0. The quantitative estimate of drug-likeness (QED) is 0.787. The normalized spacial score (nSPS) is 13.7. The van der Waals surface area contributed by atoms with E-state index < -0.39 is 11.6 Å². The fraction of sp³-hybridized carbons (Fsp3) is 0.500. The highest BCUT2D eigenvalue weighted by Crippen LogP contribution is 2.24. The molecule has 0 aromatic heterocycles. The highest BCUT2D eigenvalue weighted by molar-refractivity contribution is 5.45. The number of nitrogens with one attached hydrogen (secondary N) is 1. The average molecular weight is 213 g/mol. The van der Waals surface area contributed by atoms with Gasteiger partial charge in [-0.2, -0.15) is 0 Å². The summed E-state index contributed by atoms with van der Waals surface area (Å²) in [6.45, 7) is 8.08. The van der Waals surface area contributed by atoms with E-state index in [2.05, 4.69) is 5.32 Å². The first-order valence-electron chi connectivity index (χ1n) is 5.02. The van der Waals surface area contributed by atoms with E-state index >= 15 is 0 Å². The van der Waals surface area contributed by atoms with E-state index in [0.29, 0.717) is 0 Å². The minimum Gasteiger partial charge on any atom is -0.380 e. The Morgan fingerprint density at radius 3 is 2.33 bits per heavy atom. The molecule has 3 heteroatoms. The van der Waals surface area contributed by atoms with Gasteiger partial charge in [0.15, 0.2) is 0 Å². The zero-order valence-corrected chi connectivity index (χ0v) is 9.57. The van der Waals surface area contributed by atoms with Crippen LogP contribution in [-0.2, 0) is 0 Å². The van der Waals surface area contributed by atoms with Crippen molar-refractivity contribution in [2.24, 2.45) is 5.41 Å². The first-order valence-corrected chi connectivity index (χ1v) is 5.02. The predicted octanol–water partition coefficient (Wildman–Crippen LogP) is 3.81. The number of hydrogen-bond donors (Lipinski definition) is 1. The summed E-state index contributed by atoms with van der Waals surface area (Å²) in [6.07, 6.45) is 0. The Morgan fingerprint density at radius 2 is 1.80 bits per heavy atom. The summed E-state index contributed by atoms with van der Waals surface area (Å²) in [5.74, 6) is -0.854. The van der Waals surface area contributed by atoms with E-state index in [-0.39, 0.29) is 17.1 Å². The molecule has 1 rings (SSSR count). The highest BCUT2D eigenvalue weighted by Gasteiger charge is 2.20. The summed E-state index contributed by atoms with van der Waals surface area (Å²) in [6, 6.07) is 3.49. The van der Waals surface area contributed by atoms with Gasteiger partial charge in [-0.25, -0.2) is 8.78 Å². The van der Waals surface area contributed by atoms with Crippen molar-refractivity contribution in [3.8, 4) is 0 Å². The summed E-state index contributed by atoms with van der Waals surface area (Å²) in [4.78, 5) is 0. The van der Waals surface area contributed by atoms with Crippen LogP contribution in [0.4, 0.5) is 14.5 Å². The number of rotatable bonds is 2. The molecule has 1 atom stereocenters. The molecule has 0 radical (unpaired) electrons. The van der Waals surface area contributed by atoms with Gasteiger partial charge in [0.1, 0.15) is 11.6 Å². The Balaban J connectivity index is 2.85. The monoisotopic (exact) mass is 213 g/mol. The molecule has 0 saturated heterocycles. The van der Waals surface area contributed by atoms with Crippen molar-refractivity contribution >= 4 is 5.69 Å². The molecule has 0 spiro atoms. The lowest BCUT2D eigenvalue weighted by Gasteiger charge is -2.29. The number of halogens is 2. The molecule has 0 aliphatic heterocycles. The maximum atomic E-state index is 13.3. The summed E-state index contributed by atoms with van der Waals surface area (Å²) < 4.78 is 26.2. The Kier molecular flexibility index (Phi) is 3.32. The SMILES string of the molecule is CC(Nc1cc(F)ccc1F)C(C)(C)C. The zero-order chi connectivity index (χ0) is 11.6. The molecule has 84 valence electrons. The molecule has 0 saturated carbocycles.